The van der Waals surface area contributed by atoms with Crippen molar-refractivity contribution >= 4 is 15.9 Å². The number of hydrogen-bond acceptors (Lipinski definition) is 5. The number of carbonyl (C=O) groups excluding carboxylic acids is 1. The quantitative estimate of drug-likeness (QED) is 0.818. The van der Waals surface area contributed by atoms with Crippen LogP contribution in [0.2, 0.25) is 0 Å². The number of carbonyl (C=O) groups is 1. The minimum absolute atomic E-state index is 0.105. The average molecular weight is 307 g/mol. The molecule has 1 saturated carbocycles. The number of ether oxygens (including phenoxy) is 1. The Labute approximate surface area is 120 Å². The summed E-state index contributed by atoms with van der Waals surface area (Å²) in [5, 5.41) is 12.2. The van der Waals surface area contributed by atoms with Crippen molar-refractivity contribution in [2.75, 3.05) is 12.9 Å². The maximum absolute atomic E-state index is 11.8. The van der Waals surface area contributed by atoms with E-state index in [0.29, 0.717) is 25.7 Å². The summed E-state index contributed by atoms with van der Waals surface area (Å²) < 4.78 is 27.7. The van der Waals surface area contributed by atoms with E-state index in [1.807, 2.05) is 0 Å². The summed E-state index contributed by atoms with van der Waals surface area (Å²) in [5.41, 5.74) is -0.555. The largest absolute Gasteiger partial charge is 0.444 e. The number of aliphatic hydroxyl groups excluding tert-OH is 1. The zero-order valence-corrected chi connectivity index (χ0v) is 13.4. The molecular formula is C13H25NO5S. The highest BCUT2D eigenvalue weighted by Crippen LogP contribution is 2.34. The van der Waals surface area contributed by atoms with E-state index >= 15 is 0 Å². The van der Waals surface area contributed by atoms with Crippen LogP contribution in [-0.2, 0) is 14.6 Å². The normalized spacial score (nSPS) is 27.9. The Morgan fingerprint density at radius 1 is 1.35 bits per heavy atom. The number of hydrogen-bond donors (Lipinski definition) is 2. The van der Waals surface area contributed by atoms with E-state index in [2.05, 4.69) is 5.32 Å². The fourth-order valence-electron chi connectivity index (χ4n) is 2.41. The molecule has 0 unspecified atom stereocenters. The number of alkyl carbamates (subject to hydrolysis) is 1. The minimum atomic E-state index is -3.31. The number of sulfone groups is 1. The maximum atomic E-state index is 11.8. The Morgan fingerprint density at radius 2 is 1.85 bits per heavy atom. The van der Waals surface area contributed by atoms with Gasteiger partial charge in [-0.1, -0.05) is 0 Å². The van der Waals surface area contributed by atoms with Crippen LogP contribution in [0.1, 0.15) is 46.5 Å². The molecule has 1 aliphatic rings. The summed E-state index contributed by atoms with van der Waals surface area (Å²) in [6.45, 7) is 4.99. The van der Waals surface area contributed by atoms with Crippen LogP contribution >= 0.6 is 0 Å². The number of aliphatic hydroxyl groups is 1. The van der Waals surface area contributed by atoms with Gasteiger partial charge in [0.2, 0.25) is 0 Å². The standard InChI is InChI=1S/C13H25NO5S/c1-12(2,3)19-11(16)14-10-5-7-13(9-15,8-6-10)20(4,17)18/h10,15H,5-9H2,1-4H3,(H,14,16). The monoisotopic (exact) mass is 307 g/mol. The van der Waals surface area contributed by atoms with Gasteiger partial charge >= 0.3 is 6.09 Å². The van der Waals surface area contributed by atoms with Gasteiger partial charge in [-0.25, -0.2) is 13.2 Å². The van der Waals surface area contributed by atoms with Gasteiger partial charge in [0.05, 0.1) is 11.4 Å². The molecule has 0 atom stereocenters. The molecule has 0 spiro atoms. The molecule has 0 radical (unpaired) electrons. The van der Waals surface area contributed by atoms with Crippen LogP contribution in [0.3, 0.4) is 0 Å². The third kappa shape index (κ3) is 4.34. The van der Waals surface area contributed by atoms with E-state index in [0.717, 1.165) is 6.26 Å². The third-order valence-corrected chi connectivity index (χ3v) is 5.80. The molecule has 1 rings (SSSR count). The van der Waals surface area contributed by atoms with Gasteiger partial charge in [-0.3, -0.25) is 0 Å². The lowest BCUT2D eigenvalue weighted by molar-refractivity contribution is 0.0486. The molecule has 6 nitrogen and oxygen atoms in total. The van der Waals surface area contributed by atoms with Gasteiger partial charge < -0.3 is 15.2 Å². The van der Waals surface area contributed by atoms with E-state index < -0.39 is 26.3 Å². The fraction of sp³-hybridized carbons (Fsp3) is 0.923. The summed E-state index contributed by atoms with van der Waals surface area (Å²) in [5.74, 6) is 0. The van der Waals surface area contributed by atoms with E-state index in [1.165, 1.54) is 0 Å². The highest BCUT2D eigenvalue weighted by atomic mass is 32.2. The predicted molar refractivity (Wildman–Crippen MR) is 76.3 cm³/mol. The first kappa shape index (κ1) is 17.2. The van der Waals surface area contributed by atoms with E-state index in [-0.39, 0.29) is 12.6 Å². The van der Waals surface area contributed by atoms with Crippen molar-refractivity contribution < 1.29 is 23.1 Å². The van der Waals surface area contributed by atoms with Crippen LogP contribution in [0.5, 0.6) is 0 Å². The number of nitrogens with one attached hydrogen (secondary N) is 1. The molecule has 0 aromatic rings. The summed E-state index contributed by atoms with van der Waals surface area (Å²) in [4.78, 5) is 11.7. The molecule has 0 aromatic carbocycles. The van der Waals surface area contributed by atoms with Gasteiger partial charge in [0.25, 0.3) is 0 Å². The van der Waals surface area contributed by atoms with Crippen molar-refractivity contribution in [1.29, 1.82) is 0 Å². The molecule has 0 aliphatic heterocycles. The Hall–Kier alpha value is -0.820. The van der Waals surface area contributed by atoms with Crippen molar-refractivity contribution in [2.45, 2.75) is 62.8 Å². The van der Waals surface area contributed by atoms with Crippen LogP contribution in [-0.4, -0.2) is 48.9 Å². The summed E-state index contributed by atoms with van der Waals surface area (Å²) in [6, 6.07) is -0.105. The molecular weight excluding hydrogens is 282 g/mol. The summed E-state index contributed by atoms with van der Waals surface area (Å²) in [7, 11) is -3.31. The van der Waals surface area contributed by atoms with Crippen LogP contribution < -0.4 is 5.32 Å². The van der Waals surface area contributed by atoms with Gasteiger partial charge in [0, 0.05) is 12.3 Å². The highest BCUT2D eigenvalue weighted by molar-refractivity contribution is 7.92. The molecule has 1 fully saturated rings. The second kappa shape index (κ2) is 5.89. The first-order valence-corrected chi connectivity index (χ1v) is 8.68. The van der Waals surface area contributed by atoms with Crippen molar-refractivity contribution in [2.24, 2.45) is 0 Å². The molecule has 1 aliphatic carbocycles. The van der Waals surface area contributed by atoms with Gasteiger partial charge in [-0.05, 0) is 46.5 Å². The molecule has 0 bridgehead atoms. The van der Waals surface area contributed by atoms with Crippen molar-refractivity contribution in [1.82, 2.24) is 5.32 Å². The minimum Gasteiger partial charge on any atom is -0.444 e. The van der Waals surface area contributed by atoms with Gasteiger partial charge in [0.15, 0.2) is 9.84 Å². The van der Waals surface area contributed by atoms with Crippen molar-refractivity contribution in [3.63, 3.8) is 0 Å². The molecule has 20 heavy (non-hydrogen) atoms. The smallest absolute Gasteiger partial charge is 0.407 e. The zero-order valence-electron chi connectivity index (χ0n) is 12.6. The number of amides is 1. The molecule has 0 saturated heterocycles. The maximum Gasteiger partial charge on any atom is 0.407 e. The van der Waals surface area contributed by atoms with Crippen LogP contribution in [0.4, 0.5) is 4.79 Å². The van der Waals surface area contributed by atoms with E-state index in [9.17, 15) is 18.3 Å². The van der Waals surface area contributed by atoms with Crippen molar-refractivity contribution in [3.8, 4) is 0 Å². The van der Waals surface area contributed by atoms with E-state index in [1.54, 1.807) is 20.8 Å². The van der Waals surface area contributed by atoms with E-state index in [4.69, 9.17) is 4.74 Å². The predicted octanol–water partition coefficient (Wildman–Crippen LogP) is 1.23. The molecule has 0 aromatic heterocycles. The SMILES string of the molecule is CC(C)(C)OC(=O)NC1CCC(CO)(S(C)(=O)=O)CC1. The topological polar surface area (TPSA) is 92.7 Å². The summed E-state index contributed by atoms with van der Waals surface area (Å²) >= 11 is 0. The highest BCUT2D eigenvalue weighted by Gasteiger charge is 2.43. The average Bonchev–Trinajstić information content (AvgIpc) is 2.26. The fourth-order valence-corrected chi connectivity index (χ4v) is 3.62. The number of rotatable bonds is 3. The van der Waals surface area contributed by atoms with Crippen LogP contribution in [0.25, 0.3) is 0 Å². The van der Waals surface area contributed by atoms with Crippen LogP contribution in [0, 0.1) is 0 Å². The molecule has 1 amide bonds. The second-order valence-corrected chi connectivity index (χ2v) is 8.94. The lowest BCUT2D eigenvalue weighted by Gasteiger charge is -2.37. The Bertz CT molecular complexity index is 444. The Morgan fingerprint density at radius 3 is 2.20 bits per heavy atom. The molecule has 118 valence electrons. The molecule has 2 N–H and O–H groups in total. The third-order valence-electron chi connectivity index (χ3n) is 3.69. The Kier molecular flexibility index (Phi) is 5.08. The first-order chi connectivity index (χ1) is 8.99. The Balaban J connectivity index is 2.57. The first-order valence-electron chi connectivity index (χ1n) is 6.79. The van der Waals surface area contributed by atoms with Gasteiger partial charge in [-0.15, -0.1) is 0 Å². The zero-order chi connectivity index (χ0) is 15.6. The molecule has 0 heterocycles. The lowest BCUT2D eigenvalue weighted by atomic mass is 9.86. The second-order valence-electron chi connectivity index (χ2n) is 6.53. The van der Waals surface area contributed by atoms with Gasteiger partial charge in [0.1, 0.15) is 5.60 Å². The van der Waals surface area contributed by atoms with Gasteiger partial charge in [-0.2, -0.15) is 0 Å². The lowest BCUT2D eigenvalue weighted by Crippen LogP contribution is -2.49. The molecule has 7 heteroatoms. The summed E-state index contributed by atoms with van der Waals surface area (Å²) in [6.07, 6.45) is 2.41. The van der Waals surface area contributed by atoms with Crippen molar-refractivity contribution in [3.05, 3.63) is 0 Å². The van der Waals surface area contributed by atoms with Crippen LogP contribution in [0.15, 0.2) is 0 Å².